The highest BCUT2D eigenvalue weighted by Crippen LogP contribution is 2.30. The van der Waals surface area contributed by atoms with Crippen molar-refractivity contribution in [1.29, 1.82) is 0 Å². The number of nitrogens with zero attached hydrogens (tertiary/aromatic N) is 2. The number of carbonyl (C=O) groups is 1. The van der Waals surface area contributed by atoms with Crippen LogP contribution in [-0.4, -0.2) is 25.0 Å². The van der Waals surface area contributed by atoms with Gasteiger partial charge >= 0.3 is 0 Å². The van der Waals surface area contributed by atoms with Gasteiger partial charge in [-0.2, -0.15) is 0 Å². The molecule has 0 spiro atoms. The van der Waals surface area contributed by atoms with Crippen LogP contribution in [0, 0.1) is 0 Å². The smallest absolute Gasteiger partial charge is 0.259 e. The molecule has 0 aliphatic carbocycles. The van der Waals surface area contributed by atoms with E-state index in [1.54, 1.807) is 23.2 Å². The molecule has 2 aromatic carbocycles. The van der Waals surface area contributed by atoms with Crippen LogP contribution >= 0.6 is 0 Å². The summed E-state index contributed by atoms with van der Waals surface area (Å²) in [5.74, 6) is 1.67. The van der Waals surface area contributed by atoms with Gasteiger partial charge in [-0.15, -0.1) is 0 Å². The van der Waals surface area contributed by atoms with Gasteiger partial charge in [-0.25, -0.2) is 4.98 Å². The van der Waals surface area contributed by atoms with Gasteiger partial charge in [-0.3, -0.25) is 4.79 Å². The van der Waals surface area contributed by atoms with Crippen LogP contribution in [0.25, 0.3) is 0 Å². The fourth-order valence-corrected chi connectivity index (χ4v) is 2.39. The van der Waals surface area contributed by atoms with Gasteiger partial charge in [0.05, 0.1) is 11.3 Å². The van der Waals surface area contributed by atoms with Gasteiger partial charge in [0.2, 0.25) is 0 Å². The van der Waals surface area contributed by atoms with Crippen molar-refractivity contribution in [3.05, 3.63) is 78.5 Å². The number of rotatable bonds is 5. The van der Waals surface area contributed by atoms with Crippen molar-refractivity contribution in [2.24, 2.45) is 0 Å². The molecule has 0 saturated heterocycles. The van der Waals surface area contributed by atoms with Gasteiger partial charge in [0.1, 0.15) is 11.6 Å². The number of hydrogen-bond acceptors (Lipinski definition) is 4. The first-order chi connectivity index (χ1) is 12.1. The number of para-hydroxylation sites is 3. The molecule has 1 N–H and O–H groups in total. The molecule has 25 heavy (non-hydrogen) atoms. The first-order valence-corrected chi connectivity index (χ1v) is 7.91. The summed E-state index contributed by atoms with van der Waals surface area (Å²) in [5, 5.41) is 2.91. The number of anilines is 2. The number of aromatic nitrogens is 1. The average molecular weight is 333 g/mol. The molecule has 0 aliphatic heterocycles. The molecule has 126 valence electrons. The van der Waals surface area contributed by atoms with E-state index in [2.05, 4.69) is 10.3 Å². The van der Waals surface area contributed by atoms with Gasteiger partial charge in [0.15, 0.2) is 5.75 Å². The van der Waals surface area contributed by atoms with Crippen LogP contribution in [0.3, 0.4) is 0 Å². The minimum atomic E-state index is -0.235. The number of ether oxygens (including phenoxy) is 1. The van der Waals surface area contributed by atoms with E-state index in [9.17, 15) is 4.79 Å². The van der Waals surface area contributed by atoms with E-state index in [0.29, 0.717) is 28.6 Å². The average Bonchev–Trinajstić information content (AvgIpc) is 2.64. The van der Waals surface area contributed by atoms with Gasteiger partial charge < -0.3 is 15.0 Å². The third kappa shape index (κ3) is 3.95. The molecule has 3 rings (SSSR count). The molecular weight excluding hydrogens is 314 g/mol. The molecule has 5 nitrogen and oxygen atoms in total. The zero-order chi connectivity index (χ0) is 17.6. The van der Waals surface area contributed by atoms with E-state index in [-0.39, 0.29) is 5.91 Å². The van der Waals surface area contributed by atoms with Gasteiger partial charge in [-0.05, 0) is 36.4 Å². The molecule has 3 aromatic rings. The van der Waals surface area contributed by atoms with E-state index in [1.807, 2.05) is 68.7 Å². The lowest BCUT2D eigenvalue weighted by Gasteiger charge is -2.16. The Morgan fingerprint density at radius 1 is 0.960 bits per heavy atom. The summed E-state index contributed by atoms with van der Waals surface area (Å²) in [7, 11) is 3.71. The van der Waals surface area contributed by atoms with Crippen molar-refractivity contribution < 1.29 is 9.53 Å². The Kier molecular flexibility index (Phi) is 4.95. The predicted molar refractivity (Wildman–Crippen MR) is 99.5 cm³/mol. The highest BCUT2D eigenvalue weighted by Gasteiger charge is 2.15. The molecule has 0 unspecified atom stereocenters. The van der Waals surface area contributed by atoms with Crippen molar-refractivity contribution in [2.45, 2.75) is 0 Å². The maximum absolute atomic E-state index is 12.7. The summed E-state index contributed by atoms with van der Waals surface area (Å²) in [6.07, 6.45) is 1.67. The normalized spacial score (nSPS) is 10.2. The zero-order valence-corrected chi connectivity index (χ0v) is 14.1. The molecule has 0 aliphatic rings. The maximum atomic E-state index is 12.7. The molecule has 0 fully saturated rings. The minimum Gasteiger partial charge on any atom is -0.455 e. The fourth-order valence-electron chi connectivity index (χ4n) is 2.39. The number of amides is 1. The fraction of sp³-hybridized carbons (Fsp3) is 0.100. The first kappa shape index (κ1) is 16.5. The summed E-state index contributed by atoms with van der Waals surface area (Å²) >= 11 is 0. The zero-order valence-electron chi connectivity index (χ0n) is 14.1. The Hall–Kier alpha value is -3.34. The second-order valence-electron chi connectivity index (χ2n) is 5.63. The number of benzene rings is 2. The highest BCUT2D eigenvalue weighted by atomic mass is 16.5. The Balaban J connectivity index is 1.85. The quantitative estimate of drug-likeness (QED) is 0.760. The van der Waals surface area contributed by atoms with Crippen molar-refractivity contribution in [3.63, 3.8) is 0 Å². The molecular formula is C20H19N3O2. The lowest BCUT2D eigenvalue weighted by Crippen LogP contribution is -2.19. The number of pyridine rings is 1. The topological polar surface area (TPSA) is 54.5 Å². The van der Waals surface area contributed by atoms with Crippen molar-refractivity contribution in [3.8, 4) is 11.5 Å². The summed E-state index contributed by atoms with van der Waals surface area (Å²) in [5.41, 5.74) is 1.10. The maximum Gasteiger partial charge on any atom is 0.259 e. The van der Waals surface area contributed by atoms with Crippen LogP contribution in [0.15, 0.2) is 72.9 Å². The summed E-state index contributed by atoms with van der Waals surface area (Å²) in [6.45, 7) is 0. The van der Waals surface area contributed by atoms with E-state index < -0.39 is 0 Å². The van der Waals surface area contributed by atoms with Gasteiger partial charge in [0.25, 0.3) is 5.91 Å². The standard InChI is InChI=1S/C20H19N3O2/c1-23(2)19-16(11-8-14-21-19)20(24)22-17-12-6-7-13-18(17)25-15-9-4-3-5-10-15/h3-14H,1-2H3,(H,22,24). The van der Waals surface area contributed by atoms with Crippen LogP contribution in [-0.2, 0) is 0 Å². The lowest BCUT2D eigenvalue weighted by molar-refractivity contribution is 0.102. The Bertz CT molecular complexity index is 864. The summed E-state index contributed by atoms with van der Waals surface area (Å²) < 4.78 is 5.88. The minimum absolute atomic E-state index is 0.235. The molecule has 0 radical (unpaired) electrons. The third-order valence-electron chi connectivity index (χ3n) is 3.56. The number of nitrogens with one attached hydrogen (secondary N) is 1. The van der Waals surface area contributed by atoms with Gasteiger partial charge in [0, 0.05) is 20.3 Å². The monoisotopic (exact) mass is 333 g/mol. The van der Waals surface area contributed by atoms with Crippen LogP contribution in [0.2, 0.25) is 0 Å². The van der Waals surface area contributed by atoms with Crippen LogP contribution < -0.4 is 15.0 Å². The Morgan fingerprint density at radius 3 is 2.44 bits per heavy atom. The Morgan fingerprint density at radius 2 is 1.68 bits per heavy atom. The van der Waals surface area contributed by atoms with E-state index in [4.69, 9.17) is 4.74 Å². The van der Waals surface area contributed by atoms with Crippen LogP contribution in [0.5, 0.6) is 11.5 Å². The molecule has 0 bridgehead atoms. The number of hydrogen-bond donors (Lipinski definition) is 1. The largest absolute Gasteiger partial charge is 0.455 e. The predicted octanol–water partition coefficient (Wildman–Crippen LogP) is 4.19. The van der Waals surface area contributed by atoms with E-state index in [0.717, 1.165) is 0 Å². The first-order valence-electron chi connectivity index (χ1n) is 7.91. The molecule has 0 atom stereocenters. The molecule has 5 heteroatoms. The third-order valence-corrected chi connectivity index (χ3v) is 3.56. The van der Waals surface area contributed by atoms with Crippen molar-refractivity contribution >= 4 is 17.4 Å². The molecule has 0 saturated carbocycles. The molecule has 1 aromatic heterocycles. The van der Waals surface area contributed by atoms with Crippen LogP contribution in [0.1, 0.15) is 10.4 Å². The molecule has 1 heterocycles. The molecule has 1 amide bonds. The van der Waals surface area contributed by atoms with E-state index >= 15 is 0 Å². The summed E-state index contributed by atoms with van der Waals surface area (Å²) in [6, 6.07) is 20.3. The van der Waals surface area contributed by atoms with Crippen molar-refractivity contribution in [2.75, 3.05) is 24.3 Å². The second-order valence-corrected chi connectivity index (χ2v) is 5.63. The van der Waals surface area contributed by atoms with E-state index in [1.165, 1.54) is 0 Å². The van der Waals surface area contributed by atoms with Gasteiger partial charge in [-0.1, -0.05) is 30.3 Å². The number of carbonyl (C=O) groups excluding carboxylic acids is 1. The van der Waals surface area contributed by atoms with Crippen molar-refractivity contribution in [1.82, 2.24) is 4.98 Å². The highest BCUT2D eigenvalue weighted by molar-refractivity contribution is 6.08. The lowest BCUT2D eigenvalue weighted by atomic mass is 10.2. The van der Waals surface area contributed by atoms with Crippen LogP contribution in [0.4, 0.5) is 11.5 Å². The summed E-state index contributed by atoms with van der Waals surface area (Å²) in [4.78, 5) is 18.8. The SMILES string of the molecule is CN(C)c1ncccc1C(=O)Nc1ccccc1Oc1ccccc1. The Labute approximate surface area is 146 Å². The second kappa shape index (κ2) is 7.49.